The second-order valence-electron chi connectivity index (χ2n) is 8.94. The van der Waals surface area contributed by atoms with Crippen LogP contribution in [0.1, 0.15) is 68.6 Å². The van der Waals surface area contributed by atoms with E-state index in [0.717, 1.165) is 9.13 Å². The van der Waals surface area contributed by atoms with Crippen LogP contribution >= 0.6 is 27.9 Å². The Morgan fingerprint density at radius 1 is 0.923 bits per heavy atom. The van der Waals surface area contributed by atoms with E-state index in [0.29, 0.717) is 6.54 Å². The van der Waals surface area contributed by atoms with E-state index in [9.17, 15) is 4.79 Å². The summed E-state index contributed by atoms with van der Waals surface area (Å²) in [6.07, 6.45) is 0. The molecule has 1 aliphatic rings. The molecule has 0 saturated carbocycles. The molecule has 140 valence electrons. The standard InChI is InChI=1S/C22H27ClINO/c1-21(2,3)16-11-15(12-17(13-16)22(4,5)6)14-25-20(26)18-9-7-8-10-19(18)24(25)23/h7-13H,14H2,1-6H3. The predicted molar refractivity (Wildman–Crippen MR) is 119 cm³/mol. The molecule has 0 fully saturated rings. The first-order valence-corrected chi connectivity index (χ1v) is 13.7. The Kier molecular flexibility index (Phi) is 5.17. The summed E-state index contributed by atoms with van der Waals surface area (Å²) in [5.41, 5.74) is 4.70. The van der Waals surface area contributed by atoms with E-state index in [-0.39, 0.29) is 16.7 Å². The maximum absolute atomic E-state index is 12.9. The molecule has 1 aliphatic heterocycles. The van der Waals surface area contributed by atoms with Crippen molar-refractivity contribution in [1.29, 1.82) is 0 Å². The summed E-state index contributed by atoms with van der Waals surface area (Å²) in [4.78, 5) is 12.9. The van der Waals surface area contributed by atoms with Crippen LogP contribution in [0, 0.1) is 3.57 Å². The summed E-state index contributed by atoms with van der Waals surface area (Å²) in [6.45, 7) is 14.0. The van der Waals surface area contributed by atoms with E-state index in [4.69, 9.17) is 8.91 Å². The van der Waals surface area contributed by atoms with Crippen LogP contribution in [0.2, 0.25) is 0 Å². The molecule has 2 aromatic carbocycles. The SMILES string of the molecule is CC(C)(C)c1cc(CN2C(=O)c3ccccc3I2Cl)cc(C(C)(C)C)c1. The third-order valence-electron chi connectivity index (χ3n) is 4.72. The van der Waals surface area contributed by atoms with Gasteiger partial charge in [-0.2, -0.15) is 0 Å². The molecule has 2 nitrogen and oxygen atoms in total. The molecule has 1 heterocycles. The van der Waals surface area contributed by atoms with Crippen molar-refractivity contribution in [2.75, 3.05) is 0 Å². The number of halogens is 2. The van der Waals surface area contributed by atoms with Crippen molar-refractivity contribution in [2.24, 2.45) is 0 Å². The quantitative estimate of drug-likeness (QED) is 0.344. The minimum absolute atomic E-state index is 0.0627. The van der Waals surface area contributed by atoms with Crippen molar-refractivity contribution in [3.05, 3.63) is 68.3 Å². The van der Waals surface area contributed by atoms with Crippen molar-refractivity contribution in [3.8, 4) is 0 Å². The predicted octanol–water partition coefficient (Wildman–Crippen LogP) is 6.68. The molecule has 0 aromatic heterocycles. The first-order chi connectivity index (χ1) is 12.0. The molecule has 0 unspecified atom stereocenters. The Morgan fingerprint density at radius 2 is 1.46 bits per heavy atom. The molecule has 4 heteroatoms. The van der Waals surface area contributed by atoms with Gasteiger partial charge in [-0.1, -0.05) is 0 Å². The second kappa shape index (κ2) is 6.83. The van der Waals surface area contributed by atoms with E-state index in [1.807, 2.05) is 27.4 Å². The van der Waals surface area contributed by atoms with Crippen LogP contribution in [-0.2, 0) is 17.4 Å². The van der Waals surface area contributed by atoms with E-state index < -0.39 is 19.0 Å². The van der Waals surface area contributed by atoms with Crippen molar-refractivity contribution in [3.63, 3.8) is 0 Å². The van der Waals surface area contributed by atoms with Crippen LogP contribution in [0.25, 0.3) is 0 Å². The molecule has 0 radical (unpaired) electrons. The van der Waals surface area contributed by atoms with Crippen LogP contribution in [-0.4, -0.2) is 9.02 Å². The Labute approximate surface area is 168 Å². The third-order valence-corrected chi connectivity index (χ3v) is 10.5. The van der Waals surface area contributed by atoms with Gasteiger partial charge in [-0.15, -0.1) is 0 Å². The van der Waals surface area contributed by atoms with E-state index in [1.54, 1.807) is 0 Å². The van der Waals surface area contributed by atoms with Crippen molar-refractivity contribution in [1.82, 2.24) is 3.11 Å². The molecule has 0 saturated heterocycles. The fourth-order valence-electron chi connectivity index (χ4n) is 3.01. The Morgan fingerprint density at radius 3 is 1.96 bits per heavy atom. The number of fused-ring (bicyclic) bond motifs is 1. The van der Waals surface area contributed by atoms with Gasteiger partial charge in [-0.3, -0.25) is 0 Å². The van der Waals surface area contributed by atoms with Crippen molar-refractivity contribution < 1.29 is 4.79 Å². The zero-order valence-electron chi connectivity index (χ0n) is 16.4. The zero-order chi connectivity index (χ0) is 19.3. The number of amides is 1. The summed E-state index contributed by atoms with van der Waals surface area (Å²) >= 11 is -2.15. The van der Waals surface area contributed by atoms with Gasteiger partial charge in [-0.25, -0.2) is 0 Å². The van der Waals surface area contributed by atoms with Crippen LogP contribution in [0.15, 0.2) is 42.5 Å². The molecular formula is C22H27ClINO. The third kappa shape index (κ3) is 3.79. The fraction of sp³-hybridized carbons (Fsp3) is 0.409. The van der Waals surface area contributed by atoms with Gasteiger partial charge >= 0.3 is 169 Å². The molecule has 2 aromatic rings. The van der Waals surface area contributed by atoms with Gasteiger partial charge in [0.25, 0.3) is 0 Å². The zero-order valence-corrected chi connectivity index (χ0v) is 19.3. The van der Waals surface area contributed by atoms with Gasteiger partial charge in [0.15, 0.2) is 0 Å². The normalized spacial score (nSPS) is 16.2. The molecule has 0 bridgehead atoms. The Hall–Kier alpha value is -1.07. The molecule has 26 heavy (non-hydrogen) atoms. The molecular weight excluding hydrogens is 457 g/mol. The summed E-state index contributed by atoms with van der Waals surface area (Å²) in [5.74, 6) is 0.0827. The first-order valence-electron chi connectivity index (χ1n) is 8.91. The van der Waals surface area contributed by atoms with Crippen LogP contribution in [0.4, 0.5) is 0 Å². The number of benzene rings is 2. The Balaban J connectivity index is 1.99. The maximum atomic E-state index is 12.9. The summed E-state index contributed by atoms with van der Waals surface area (Å²) in [6, 6.07) is 14.6. The van der Waals surface area contributed by atoms with Crippen LogP contribution in [0.5, 0.6) is 0 Å². The number of rotatable bonds is 2. The fourth-order valence-corrected chi connectivity index (χ4v) is 7.90. The molecule has 3 rings (SSSR count). The number of carbonyl (C=O) groups excluding carboxylic acids is 1. The number of carbonyl (C=O) groups is 1. The topological polar surface area (TPSA) is 20.3 Å². The number of hydrogen-bond acceptors (Lipinski definition) is 1. The van der Waals surface area contributed by atoms with Gasteiger partial charge in [-0.05, 0) is 0 Å². The molecule has 1 amide bonds. The van der Waals surface area contributed by atoms with Gasteiger partial charge in [0.05, 0.1) is 0 Å². The van der Waals surface area contributed by atoms with E-state index in [2.05, 4.69) is 59.7 Å². The Bertz CT molecular complexity index is 816. The average Bonchev–Trinajstić information content (AvgIpc) is 2.78. The number of nitrogens with zero attached hydrogens (tertiary/aromatic N) is 1. The summed E-state index contributed by atoms with van der Waals surface area (Å²) in [7, 11) is 6.77. The van der Waals surface area contributed by atoms with Gasteiger partial charge < -0.3 is 0 Å². The van der Waals surface area contributed by atoms with Gasteiger partial charge in [0.1, 0.15) is 0 Å². The summed E-state index contributed by atoms with van der Waals surface area (Å²) < 4.78 is 2.98. The van der Waals surface area contributed by atoms with Crippen molar-refractivity contribution >= 4 is 33.8 Å². The molecule has 0 N–H and O–H groups in total. The van der Waals surface area contributed by atoms with Crippen molar-refractivity contribution in [2.45, 2.75) is 58.9 Å². The summed E-state index contributed by atoms with van der Waals surface area (Å²) in [5, 5.41) is 0. The van der Waals surface area contributed by atoms with Crippen LogP contribution in [0.3, 0.4) is 0 Å². The average molecular weight is 484 g/mol. The molecule has 0 atom stereocenters. The first kappa shape index (κ1) is 19.7. The van der Waals surface area contributed by atoms with Gasteiger partial charge in [0.2, 0.25) is 0 Å². The van der Waals surface area contributed by atoms with E-state index >= 15 is 0 Å². The van der Waals surface area contributed by atoms with Gasteiger partial charge in [0, 0.05) is 0 Å². The van der Waals surface area contributed by atoms with Crippen LogP contribution < -0.4 is 0 Å². The monoisotopic (exact) mass is 483 g/mol. The molecule has 0 aliphatic carbocycles. The minimum atomic E-state index is -2.15. The second-order valence-corrected chi connectivity index (χ2v) is 14.3. The number of hydrogen-bond donors (Lipinski definition) is 0. The molecule has 0 spiro atoms. The van der Waals surface area contributed by atoms with E-state index in [1.165, 1.54) is 16.7 Å².